The summed E-state index contributed by atoms with van der Waals surface area (Å²) >= 11 is 2.04. The summed E-state index contributed by atoms with van der Waals surface area (Å²) < 4.78 is 0. The van der Waals surface area contributed by atoms with E-state index in [2.05, 4.69) is 44.2 Å². The van der Waals surface area contributed by atoms with E-state index >= 15 is 0 Å². The van der Waals surface area contributed by atoms with Crippen LogP contribution in [0.3, 0.4) is 0 Å². The van der Waals surface area contributed by atoms with Gasteiger partial charge < -0.3 is 5.11 Å². The highest BCUT2D eigenvalue weighted by Crippen LogP contribution is 2.67. The molecule has 1 N–H and O–H groups in total. The van der Waals surface area contributed by atoms with Gasteiger partial charge in [-0.05, 0) is 129 Å². The predicted octanol–water partition coefficient (Wildman–Crippen LogP) is 7.58. The molecular weight excluding hydrogens is 384 g/mol. The van der Waals surface area contributed by atoms with Gasteiger partial charge in [0.05, 0.1) is 6.10 Å². The van der Waals surface area contributed by atoms with Gasteiger partial charge in [-0.15, -0.1) is 11.8 Å². The van der Waals surface area contributed by atoms with E-state index in [4.69, 9.17) is 0 Å². The second-order valence-electron chi connectivity index (χ2n) is 11.7. The number of aliphatic hydroxyl groups excluding tert-OH is 1. The average Bonchev–Trinajstić information content (AvgIpc) is 3.09. The number of aliphatic hydroxyl groups is 1. The Bertz CT molecular complexity index is 719. The van der Waals surface area contributed by atoms with Crippen LogP contribution in [-0.2, 0) is 0 Å². The van der Waals surface area contributed by atoms with Gasteiger partial charge in [-0.3, -0.25) is 0 Å². The molecular formula is C28H42OS. The molecule has 0 bridgehead atoms. The molecule has 8 unspecified atom stereocenters. The highest BCUT2D eigenvalue weighted by atomic mass is 32.2. The summed E-state index contributed by atoms with van der Waals surface area (Å²) in [5, 5.41) is 10.3. The number of rotatable bonds is 5. The number of hydrogen-bond donors (Lipinski definition) is 1. The molecule has 30 heavy (non-hydrogen) atoms. The summed E-state index contributed by atoms with van der Waals surface area (Å²) in [6.07, 6.45) is 15.0. The first-order valence-corrected chi connectivity index (χ1v) is 13.8. The zero-order valence-corrected chi connectivity index (χ0v) is 20.0. The van der Waals surface area contributed by atoms with E-state index in [1.165, 1.54) is 68.4 Å². The highest BCUT2D eigenvalue weighted by Gasteiger charge is 2.59. The maximum absolute atomic E-state index is 10.3. The first-order valence-electron chi connectivity index (χ1n) is 12.9. The van der Waals surface area contributed by atoms with Crippen LogP contribution < -0.4 is 0 Å². The Morgan fingerprint density at radius 3 is 2.50 bits per heavy atom. The van der Waals surface area contributed by atoms with Crippen LogP contribution >= 0.6 is 11.8 Å². The van der Waals surface area contributed by atoms with E-state index in [1.807, 2.05) is 11.8 Å². The molecule has 0 aliphatic heterocycles. The van der Waals surface area contributed by atoms with E-state index in [0.717, 1.165) is 42.4 Å². The van der Waals surface area contributed by atoms with Crippen molar-refractivity contribution in [3.8, 4) is 0 Å². The number of benzene rings is 1. The lowest BCUT2D eigenvalue weighted by atomic mass is 9.44. The summed E-state index contributed by atoms with van der Waals surface area (Å²) in [4.78, 5) is 1.43. The maximum atomic E-state index is 10.3. The molecule has 0 amide bonds. The van der Waals surface area contributed by atoms with Crippen LogP contribution in [0.4, 0.5) is 0 Å². The molecule has 2 heteroatoms. The van der Waals surface area contributed by atoms with Gasteiger partial charge in [-0.1, -0.05) is 32.0 Å². The van der Waals surface area contributed by atoms with Crippen LogP contribution in [0, 0.1) is 40.4 Å². The lowest BCUT2D eigenvalue weighted by molar-refractivity contribution is -0.126. The van der Waals surface area contributed by atoms with E-state index < -0.39 is 0 Å². The molecule has 4 aliphatic rings. The van der Waals surface area contributed by atoms with Crippen molar-refractivity contribution in [3.63, 3.8) is 0 Å². The molecule has 1 nitrogen and oxygen atoms in total. The minimum atomic E-state index is -0.0156. The van der Waals surface area contributed by atoms with Crippen LogP contribution in [0.2, 0.25) is 0 Å². The molecule has 4 saturated carbocycles. The van der Waals surface area contributed by atoms with Crippen molar-refractivity contribution in [1.82, 2.24) is 0 Å². The van der Waals surface area contributed by atoms with Gasteiger partial charge in [0.2, 0.25) is 0 Å². The molecule has 0 heterocycles. The van der Waals surface area contributed by atoms with Crippen molar-refractivity contribution in [3.05, 3.63) is 30.3 Å². The highest BCUT2D eigenvalue weighted by molar-refractivity contribution is 7.99. The summed E-state index contributed by atoms with van der Waals surface area (Å²) in [5.41, 5.74) is 1.13. The minimum Gasteiger partial charge on any atom is -0.393 e. The van der Waals surface area contributed by atoms with Gasteiger partial charge in [0.1, 0.15) is 0 Å². The minimum absolute atomic E-state index is 0.0156. The summed E-state index contributed by atoms with van der Waals surface area (Å²) in [6.45, 7) is 5.31. The molecule has 0 spiro atoms. The standard InChI is InChI=1S/C28H42OS/c1-27-17-15-26-24(12-10-21-19-22(29)14-16-28(21,26)2)25(27)13-11-20(27)7-6-18-30-23-8-4-3-5-9-23/h3-5,8-9,20-22,24-26,29H,6-7,10-19H2,1-2H3. The maximum Gasteiger partial charge on any atom is 0.0543 e. The first kappa shape index (κ1) is 21.4. The Balaban J connectivity index is 1.21. The second-order valence-corrected chi connectivity index (χ2v) is 12.9. The van der Waals surface area contributed by atoms with Crippen LogP contribution in [0.25, 0.3) is 0 Å². The van der Waals surface area contributed by atoms with Crippen molar-refractivity contribution in [2.24, 2.45) is 40.4 Å². The van der Waals surface area contributed by atoms with Crippen LogP contribution in [-0.4, -0.2) is 17.0 Å². The molecule has 1 aromatic carbocycles. The number of fused-ring (bicyclic) bond motifs is 5. The van der Waals surface area contributed by atoms with E-state index in [1.54, 1.807) is 0 Å². The summed E-state index contributed by atoms with van der Waals surface area (Å²) in [5.74, 6) is 5.92. The fourth-order valence-electron chi connectivity index (χ4n) is 8.85. The topological polar surface area (TPSA) is 20.2 Å². The van der Waals surface area contributed by atoms with Crippen molar-refractivity contribution in [1.29, 1.82) is 0 Å². The Morgan fingerprint density at radius 1 is 0.900 bits per heavy atom. The average molecular weight is 427 g/mol. The fraction of sp³-hybridized carbons (Fsp3) is 0.786. The van der Waals surface area contributed by atoms with Crippen LogP contribution in [0.15, 0.2) is 35.2 Å². The number of hydrogen-bond acceptors (Lipinski definition) is 2. The smallest absolute Gasteiger partial charge is 0.0543 e. The monoisotopic (exact) mass is 426 g/mol. The third-order valence-electron chi connectivity index (χ3n) is 10.5. The van der Waals surface area contributed by atoms with Crippen molar-refractivity contribution in [2.75, 3.05) is 5.75 Å². The van der Waals surface area contributed by atoms with Crippen LogP contribution in [0.5, 0.6) is 0 Å². The van der Waals surface area contributed by atoms with Gasteiger partial charge in [0.15, 0.2) is 0 Å². The fourth-order valence-corrected chi connectivity index (χ4v) is 9.75. The molecule has 166 valence electrons. The van der Waals surface area contributed by atoms with Crippen molar-refractivity contribution < 1.29 is 5.11 Å². The molecule has 4 aliphatic carbocycles. The molecule has 4 fully saturated rings. The Hall–Kier alpha value is -0.470. The third-order valence-corrected chi connectivity index (χ3v) is 11.6. The molecule has 8 atom stereocenters. The van der Waals surface area contributed by atoms with Gasteiger partial charge >= 0.3 is 0 Å². The van der Waals surface area contributed by atoms with Crippen molar-refractivity contribution >= 4 is 11.8 Å². The summed E-state index contributed by atoms with van der Waals surface area (Å²) in [7, 11) is 0. The normalized spacial score (nSPS) is 45.4. The molecule has 0 saturated heterocycles. The van der Waals surface area contributed by atoms with Gasteiger partial charge in [-0.25, -0.2) is 0 Å². The Kier molecular flexibility index (Phi) is 6.04. The van der Waals surface area contributed by atoms with Gasteiger partial charge in [0.25, 0.3) is 0 Å². The zero-order valence-electron chi connectivity index (χ0n) is 19.2. The second kappa shape index (κ2) is 8.47. The quantitative estimate of drug-likeness (QED) is 0.387. The molecule has 0 aromatic heterocycles. The first-order chi connectivity index (χ1) is 14.5. The van der Waals surface area contributed by atoms with Gasteiger partial charge in [-0.2, -0.15) is 0 Å². The number of thioether (sulfide) groups is 1. The van der Waals surface area contributed by atoms with Crippen LogP contribution in [0.1, 0.15) is 84.5 Å². The SMILES string of the molecule is CC12CCC3C(CCC4CC(O)CCC43C)C1CCC2CCCSc1ccccc1. The van der Waals surface area contributed by atoms with E-state index in [-0.39, 0.29) is 6.10 Å². The molecule has 5 rings (SSSR count). The third kappa shape index (κ3) is 3.68. The van der Waals surface area contributed by atoms with Gasteiger partial charge in [0, 0.05) is 4.90 Å². The molecule has 0 radical (unpaired) electrons. The lowest BCUT2D eigenvalue weighted by Gasteiger charge is -2.61. The molecule has 1 aromatic rings. The largest absolute Gasteiger partial charge is 0.393 e. The summed E-state index contributed by atoms with van der Waals surface area (Å²) in [6, 6.07) is 10.9. The van der Waals surface area contributed by atoms with E-state index in [9.17, 15) is 5.11 Å². The Morgan fingerprint density at radius 2 is 1.67 bits per heavy atom. The van der Waals surface area contributed by atoms with E-state index in [0.29, 0.717) is 10.8 Å². The predicted molar refractivity (Wildman–Crippen MR) is 128 cm³/mol. The lowest BCUT2D eigenvalue weighted by Crippen LogP contribution is -2.53. The van der Waals surface area contributed by atoms with Crippen molar-refractivity contribution in [2.45, 2.75) is 95.5 Å². The Labute approximate surface area is 188 Å². The zero-order chi connectivity index (χ0) is 20.8.